The van der Waals surface area contributed by atoms with Gasteiger partial charge in [-0.05, 0) is 53.8 Å². The number of benzene rings is 1. The van der Waals surface area contributed by atoms with Crippen LogP contribution in [0.2, 0.25) is 0 Å². The number of thiophene rings is 1. The van der Waals surface area contributed by atoms with E-state index >= 15 is 0 Å². The minimum absolute atomic E-state index is 0.000830. The van der Waals surface area contributed by atoms with E-state index in [4.69, 9.17) is 0 Å². The smallest absolute Gasteiger partial charge is 0.318 e. The van der Waals surface area contributed by atoms with Crippen LogP contribution in [0.1, 0.15) is 50.9 Å². The molecule has 3 atom stereocenters. The molecule has 2 aliphatic rings. The first-order valence-electron chi connectivity index (χ1n) is 13.0. The third-order valence-corrected chi connectivity index (χ3v) is 7.81. The molecule has 9 heteroatoms. The number of nitrogens with zero attached hydrogens (tertiary/aromatic N) is 2. The minimum atomic E-state index is -0.750. The van der Waals surface area contributed by atoms with Gasteiger partial charge in [0.05, 0.1) is 12.6 Å². The molecule has 0 bridgehead atoms. The highest BCUT2D eigenvalue weighted by atomic mass is 32.1. The van der Waals surface area contributed by atoms with Crippen LogP contribution in [0.4, 0.5) is 4.79 Å². The van der Waals surface area contributed by atoms with Crippen molar-refractivity contribution in [1.82, 2.24) is 20.4 Å². The van der Waals surface area contributed by atoms with Crippen molar-refractivity contribution in [2.45, 2.75) is 58.7 Å². The number of hydrogen-bond acceptors (Lipinski definition) is 5. The van der Waals surface area contributed by atoms with E-state index in [-0.39, 0.29) is 42.1 Å². The molecule has 8 nitrogen and oxygen atoms in total. The van der Waals surface area contributed by atoms with E-state index < -0.39 is 12.1 Å². The van der Waals surface area contributed by atoms with Crippen molar-refractivity contribution < 1.29 is 19.2 Å². The highest BCUT2D eigenvalue weighted by Gasteiger charge is 2.52. The summed E-state index contributed by atoms with van der Waals surface area (Å²) in [6, 6.07) is 9.35. The summed E-state index contributed by atoms with van der Waals surface area (Å²) in [5.41, 5.74) is 1.51. The molecule has 2 aromatic rings. The summed E-state index contributed by atoms with van der Waals surface area (Å²) in [5, 5.41) is 7.81. The molecule has 1 aromatic heterocycles. The topological polar surface area (TPSA) is 98.8 Å². The Hall–Kier alpha value is -3.20. The number of carbonyl (C=O) groups excluding carboxylic acids is 4. The van der Waals surface area contributed by atoms with Crippen molar-refractivity contribution in [3.8, 4) is 10.4 Å². The van der Waals surface area contributed by atoms with Gasteiger partial charge in [0.25, 0.3) is 5.91 Å². The van der Waals surface area contributed by atoms with Gasteiger partial charge >= 0.3 is 6.03 Å². The summed E-state index contributed by atoms with van der Waals surface area (Å²) in [5.74, 6) is -0.254. The second-order valence-electron chi connectivity index (χ2n) is 10.7. The van der Waals surface area contributed by atoms with Gasteiger partial charge in [-0.25, -0.2) is 4.79 Å². The predicted molar refractivity (Wildman–Crippen MR) is 144 cm³/mol. The highest BCUT2D eigenvalue weighted by molar-refractivity contribution is 7.13. The van der Waals surface area contributed by atoms with Crippen LogP contribution in [0.25, 0.3) is 10.4 Å². The van der Waals surface area contributed by atoms with Crippen LogP contribution in [0.3, 0.4) is 0 Å². The molecule has 2 aliphatic heterocycles. The van der Waals surface area contributed by atoms with Crippen molar-refractivity contribution in [3.05, 3.63) is 47.3 Å². The number of fused-ring (bicyclic) bond motifs is 1. The number of carbonyl (C=O) groups is 4. The zero-order valence-corrected chi connectivity index (χ0v) is 22.7. The van der Waals surface area contributed by atoms with Gasteiger partial charge in [0.2, 0.25) is 5.91 Å². The first kappa shape index (κ1) is 26.9. The van der Waals surface area contributed by atoms with Crippen molar-refractivity contribution in [2.75, 3.05) is 19.6 Å². The summed E-state index contributed by atoms with van der Waals surface area (Å²) in [6.45, 7) is 8.92. The van der Waals surface area contributed by atoms with E-state index in [0.717, 1.165) is 10.4 Å². The monoisotopic (exact) mass is 524 g/mol. The van der Waals surface area contributed by atoms with Crippen molar-refractivity contribution in [3.63, 3.8) is 0 Å². The van der Waals surface area contributed by atoms with E-state index in [1.54, 1.807) is 33.3 Å². The lowest BCUT2D eigenvalue weighted by atomic mass is 10.0. The Morgan fingerprint density at radius 2 is 1.76 bits per heavy atom. The molecule has 4 amide bonds. The molecule has 4 rings (SSSR count). The number of amides is 4. The molecular weight excluding hydrogens is 488 g/mol. The second kappa shape index (κ2) is 11.5. The lowest BCUT2D eigenvalue weighted by Crippen LogP contribution is -2.53. The average molecular weight is 525 g/mol. The Kier molecular flexibility index (Phi) is 8.32. The molecule has 1 aromatic carbocycles. The molecule has 0 saturated carbocycles. The Bertz CT molecular complexity index is 1130. The average Bonchev–Trinajstić information content (AvgIpc) is 3.60. The Labute approximate surface area is 222 Å². The Morgan fingerprint density at radius 3 is 2.38 bits per heavy atom. The van der Waals surface area contributed by atoms with Gasteiger partial charge < -0.3 is 20.4 Å². The fraction of sp³-hybridized carbons (Fsp3) is 0.500. The molecule has 2 fully saturated rings. The first-order valence-corrected chi connectivity index (χ1v) is 13.9. The van der Waals surface area contributed by atoms with Crippen molar-refractivity contribution in [2.24, 2.45) is 11.8 Å². The molecule has 0 spiro atoms. The van der Waals surface area contributed by atoms with E-state index in [1.165, 1.54) is 0 Å². The third-order valence-electron chi connectivity index (χ3n) is 6.89. The predicted octanol–water partition coefficient (Wildman–Crippen LogP) is 3.78. The fourth-order valence-corrected chi connectivity index (χ4v) is 5.83. The standard InChI is InChI=1S/C28H36N4O4S/c1-17(2)14-21(30-26(34)20-9-7-19(8-10-20)24-6-5-13-37-24)27(35)31-12-11-22-25(31)23(33)16-32(22)28(36)29-15-18(3)4/h5-10,13,17-18,21-22,25H,11-12,14-16H2,1-4H3,(H,29,36)(H,30,34). The van der Waals surface area contributed by atoms with Gasteiger partial charge in [0, 0.05) is 23.5 Å². The van der Waals surface area contributed by atoms with Gasteiger partial charge in [-0.3, -0.25) is 14.4 Å². The maximum atomic E-state index is 13.7. The molecule has 2 saturated heterocycles. The summed E-state index contributed by atoms with van der Waals surface area (Å²) in [7, 11) is 0. The van der Waals surface area contributed by atoms with E-state index in [0.29, 0.717) is 37.4 Å². The number of rotatable bonds is 8. The quantitative estimate of drug-likeness (QED) is 0.549. The highest BCUT2D eigenvalue weighted by Crippen LogP contribution is 2.31. The van der Waals surface area contributed by atoms with E-state index in [2.05, 4.69) is 10.6 Å². The lowest BCUT2D eigenvalue weighted by molar-refractivity contribution is -0.138. The summed E-state index contributed by atoms with van der Waals surface area (Å²) in [4.78, 5) is 56.7. The number of ketones is 1. The number of urea groups is 1. The van der Waals surface area contributed by atoms with Gasteiger partial charge in [-0.2, -0.15) is 0 Å². The maximum Gasteiger partial charge on any atom is 0.318 e. The summed E-state index contributed by atoms with van der Waals surface area (Å²) in [6.07, 6.45) is 1.00. The number of Topliss-reactive ketones (excluding diaryl/α,β-unsaturated/α-hetero) is 1. The molecule has 3 heterocycles. The zero-order chi connectivity index (χ0) is 26.7. The molecule has 0 radical (unpaired) electrons. The molecule has 0 aliphatic carbocycles. The van der Waals surface area contributed by atoms with Gasteiger partial charge in [0.1, 0.15) is 12.1 Å². The summed E-state index contributed by atoms with van der Waals surface area (Å²) >= 11 is 1.63. The zero-order valence-electron chi connectivity index (χ0n) is 21.9. The van der Waals surface area contributed by atoms with E-state index in [1.807, 2.05) is 57.3 Å². The molecule has 3 unspecified atom stereocenters. The molecular formula is C28H36N4O4S. The Balaban J connectivity index is 1.45. The fourth-order valence-electron chi connectivity index (χ4n) is 5.10. The van der Waals surface area contributed by atoms with Gasteiger partial charge in [-0.1, -0.05) is 45.9 Å². The van der Waals surface area contributed by atoms with Gasteiger partial charge in [0.15, 0.2) is 5.78 Å². The maximum absolute atomic E-state index is 13.7. The van der Waals surface area contributed by atoms with Crippen LogP contribution in [0, 0.1) is 11.8 Å². The molecule has 37 heavy (non-hydrogen) atoms. The summed E-state index contributed by atoms with van der Waals surface area (Å²) < 4.78 is 0. The van der Waals surface area contributed by atoms with Crippen LogP contribution in [-0.2, 0) is 9.59 Å². The molecule has 198 valence electrons. The number of likely N-dealkylation sites (tertiary alicyclic amines) is 2. The SMILES string of the molecule is CC(C)CNC(=O)N1CC(=O)C2C1CCN2C(=O)C(CC(C)C)NC(=O)c1ccc(-c2cccs2)cc1. The van der Waals surface area contributed by atoms with Gasteiger partial charge in [-0.15, -0.1) is 11.3 Å². The Morgan fingerprint density at radius 1 is 1.03 bits per heavy atom. The largest absolute Gasteiger partial charge is 0.340 e. The molecule has 2 N–H and O–H groups in total. The number of hydrogen-bond donors (Lipinski definition) is 2. The van der Waals surface area contributed by atoms with Crippen molar-refractivity contribution in [1.29, 1.82) is 0 Å². The second-order valence-corrected chi connectivity index (χ2v) is 11.7. The third kappa shape index (κ3) is 6.04. The lowest BCUT2D eigenvalue weighted by Gasteiger charge is -2.29. The number of nitrogens with one attached hydrogen (secondary N) is 2. The van der Waals surface area contributed by atoms with Crippen molar-refractivity contribution >= 4 is 35.0 Å². The van der Waals surface area contributed by atoms with Crippen LogP contribution in [0.5, 0.6) is 0 Å². The van der Waals surface area contributed by atoms with Crippen LogP contribution in [0.15, 0.2) is 41.8 Å². The normalized spacial score (nSPS) is 19.9. The first-order chi connectivity index (χ1) is 17.7. The van der Waals surface area contributed by atoms with Crippen LogP contribution < -0.4 is 10.6 Å². The van der Waals surface area contributed by atoms with Crippen LogP contribution >= 0.6 is 11.3 Å². The minimum Gasteiger partial charge on any atom is -0.340 e. The van der Waals surface area contributed by atoms with E-state index in [9.17, 15) is 19.2 Å². The van der Waals surface area contributed by atoms with Crippen LogP contribution in [-0.4, -0.2) is 71.2 Å².